The second-order valence-electron chi connectivity index (χ2n) is 0. The molecule has 0 saturated carbocycles. The van der Waals surface area contributed by atoms with E-state index in [0.29, 0.717) is 0 Å². The molecule has 5 heteroatoms. The van der Waals surface area contributed by atoms with Crippen molar-refractivity contribution in [1.82, 2.24) is 0 Å². The molecular weight excluding hydrogens is 133 g/mol. The second kappa shape index (κ2) is 58.1. The van der Waals surface area contributed by atoms with Crippen molar-refractivity contribution >= 4 is 31.3 Å². The van der Waals surface area contributed by atoms with Crippen LogP contribution in [0, 0.1) is 0 Å². The molecule has 0 fully saturated rings. The molecule has 0 bridgehead atoms. The average molecular weight is 137 g/mol. The molecule has 0 saturated heterocycles. The van der Waals surface area contributed by atoms with Crippen LogP contribution in [0.3, 0.4) is 0 Å². The molecule has 0 aliphatic carbocycles. The molecule has 0 aliphatic heterocycles. The molecule has 0 unspecified atom stereocenters. The normalized spacial score (nSPS) is 0. The predicted molar refractivity (Wildman–Crippen MR) is 19.1 cm³/mol. The van der Waals surface area contributed by atoms with Gasteiger partial charge >= 0.3 is 0 Å². The van der Waals surface area contributed by atoms with E-state index in [1.54, 1.807) is 0 Å². The second-order valence-corrected chi connectivity index (χ2v) is 0. The van der Waals surface area contributed by atoms with Gasteiger partial charge in [0, 0.05) is 35.9 Å². The molecule has 33 valence electrons. The first kappa shape index (κ1) is 105. The average Bonchev–Trinajstić information content (AvgIpc) is 0. The molecule has 5 heavy (non-hydrogen) atoms. The van der Waals surface area contributed by atoms with Gasteiger partial charge in [-0.1, -0.05) is 0 Å². The fourth-order valence-corrected chi connectivity index (χ4v) is 0. The summed E-state index contributed by atoms with van der Waals surface area (Å²) in [5.41, 5.74) is 0. The fraction of sp³-hybridized carbons (Fsp3) is 0. The molecule has 1 nitrogen and oxygen atoms in total. The van der Waals surface area contributed by atoms with Gasteiger partial charge in [-0.25, -0.2) is 0 Å². The van der Waals surface area contributed by atoms with Crippen LogP contribution in [0.25, 0.3) is 0 Å². The SMILES string of the molecule is Cl.F.O.[Fe].[Li]. The van der Waals surface area contributed by atoms with Crippen molar-refractivity contribution in [1.29, 1.82) is 0 Å². The molecule has 0 heterocycles. The Morgan fingerprint density at radius 3 is 1.00 bits per heavy atom. The maximum Gasteiger partial charge on any atom is 0 e. The molecule has 0 spiro atoms. The molecule has 0 aromatic carbocycles. The van der Waals surface area contributed by atoms with Crippen LogP contribution in [0.15, 0.2) is 0 Å². The van der Waals surface area contributed by atoms with Crippen LogP contribution in [0.2, 0.25) is 0 Å². The number of hydrogen-bond acceptors (Lipinski definition) is 0. The molecule has 0 aromatic rings. The summed E-state index contributed by atoms with van der Waals surface area (Å²) in [5, 5.41) is 0. The summed E-state index contributed by atoms with van der Waals surface area (Å²) in [5.74, 6) is 0. The Kier molecular flexibility index (Phi) is 1220. The minimum Gasteiger partial charge on any atom is -0.412 e. The van der Waals surface area contributed by atoms with E-state index in [4.69, 9.17) is 0 Å². The van der Waals surface area contributed by atoms with Crippen molar-refractivity contribution in [2.24, 2.45) is 0 Å². The van der Waals surface area contributed by atoms with E-state index in [2.05, 4.69) is 0 Å². The summed E-state index contributed by atoms with van der Waals surface area (Å²) in [4.78, 5) is 0. The van der Waals surface area contributed by atoms with Gasteiger partial charge in [-0.15, -0.1) is 12.4 Å². The van der Waals surface area contributed by atoms with Gasteiger partial charge < -0.3 is 5.48 Å². The van der Waals surface area contributed by atoms with Gasteiger partial charge in [0.1, 0.15) is 0 Å². The molecule has 0 rings (SSSR count). The minimum absolute atomic E-state index is 0. The van der Waals surface area contributed by atoms with E-state index in [1.165, 1.54) is 0 Å². The smallest absolute Gasteiger partial charge is 0 e. The Hall–Kier alpha value is 1.30. The summed E-state index contributed by atoms with van der Waals surface area (Å²) >= 11 is 0. The maximum atomic E-state index is 0. The van der Waals surface area contributed by atoms with E-state index in [1.807, 2.05) is 0 Å². The van der Waals surface area contributed by atoms with Gasteiger partial charge in [0.25, 0.3) is 0 Å². The molecule has 0 aliphatic rings. The number of rotatable bonds is 0. The predicted octanol–water partition coefficient (Wildman–Crippen LogP) is -0.634. The molecular formula is H4ClFFeLiO. The van der Waals surface area contributed by atoms with Crippen molar-refractivity contribution in [3.05, 3.63) is 0 Å². The van der Waals surface area contributed by atoms with Crippen LogP contribution in [-0.4, -0.2) is 24.3 Å². The van der Waals surface area contributed by atoms with Gasteiger partial charge in [0.15, 0.2) is 0 Å². The largest absolute Gasteiger partial charge is 0.412 e. The zero-order chi connectivity index (χ0) is 0. The van der Waals surface area contributed by atoms with Crippen molar-refractivity contribution in [2.45, 2.75) is 0 Å². The van der Waals surface area contributed by atoms with E-state index in [0.717, 1.165) is 0 Å². The summed E-state index contributed by atoms with van der Waals surface area (Å²) in [6.45, 7) is 0. The fourth-order valence-electron chi connectivity index (χ4n) is 0. The zero-order valence-corrected chi connectivity index (χ0v) is 4.59. The van der Waals surface area contributed by atoms with Crippen LogP contribution < -0.4 is 0 Å². The summed E-state index contributed by atoms with van der Waals surface area (Å²) in [6, 6.07) is 0. The van der Waals surface area contributed by atoms with Crippen LogP contribution in [0.4, 0.5) is 4.70 Å². The van der Waals surface area contributed by atoms with E-state index in [9.17, 15) is 0 Å². The minimum atomic E-state index is 0. The Morgan fingerprint density at radius 2 is 1.00 bits per heavy atom. The third-order valence-corrected chi connectivity index (χ3v) is 0. The van der Waals surface area contributed by atoms with Crippen molar-refractivity contribution in [2.75, 3.05) is 0 Å². The summed E-state index contributed by atoms with van der Waals surface area (Å²) in [7, 11) is 0. The van der Waals surface area contributed by atoms with Gasteiger partial charge in [-0.3, -0.25) is 4.70 Å². The Labute approximate surface area is 58.6 Å². The van der Waals surface area contributed by atoms with Crippen molar-refractivity contribution in [3.8, 4) is 0 Å². The third kappa shape index (κ3) is 34.2. The van der Waals surface area contributed by atoms with Crippen molar-refractivity contribution < 1.29 is 27.2 Å². The van der Waals surface area contributed by atoms with Crippen LogP contribution in [-0.2, 0) is 17.1 Å². The van der Waals surface area contributed by atoms with Crippen LogP contribution >= 0.6 is 12.4 Å². The topological polar surface area (TPSA) is 31.5 Å². The van der Waals surface area contributed by atoms with Gasteiger partial charge in [-0.05, 0) is 0 Å². The molecule has 2 N–H and O–H groups in total. The quantitative estimate of drug-likeness (QED) is 0.398. The Morgan fingerprint density at radius 1 is 1.00 bits per heavy atom. The van der Waals surface area contributed by atoms with E-state index in [-0.39, 0.29) is 58.5 Å². The van der Waals surface area contributed by atoms with E-state index < -0.39 is 0 Å². The first-order chi connectivity index (χ1) is 0. The van der Waals surface area contributed by atoms with E-state index >= 15 is 0 Å². The Balaban J connectivity index is 0. The van der Waals surface area contributed by atoms with Gasteiger partial charge in [-0.2, -0.15) is 0 Å². The zero-order valence-electron chi connectivity index (χ0n) is 2.67. The number of halogens is 2. The molecule has 1 radical (unpaired) electrons. The molecule has 0 aromatic heterocycles. The summed E-state index contributed by atoms with van der Waals surface area (Å²) < 4.78 is 0. The monoisotopic (exact) mass is 137 g/mol. The third-order valence-electron chi connectivity index (χ3n) is 0. The Bertz CT molecular complexity index is 11.6. The number of hydrogen-bond donors (Lipinski definition) is 0. The van der Waals surface area contributed by atoms with Crippen LogP contribution in [0.1, 0.15) is 0 Å². The molecule has 0 amide bonds. The first-order valence-electron chi connectivity index (χ1n) is 0. The van der Waals surface area contributed by atoms with Gasteiger partial charge in [0.2, 0.25) is 0 Å². The van der Waals surface area contributed by atoms with Gasteiger partial charge in [0.05, 0.1) is 0 Å². The molecule has 0 atom stereocenters. The van der Waals surface area contributed by atoms with Crippen LogP contribution in [0.5, 0.6) is 0 Å². The maximum absolute atomic E-state index is 0. The summed E-state index contributed by atoms with van der Waals surface area (Å²) in [6.07, 6.45) is 0. The first-order valence-corrected chi connectivity index (χ1v) is 0. The standard InChI is InChI=1S/ClH.FH.Fe.Li.H2O/h2*1H;;;1H2. The van der Waals surface area contributed by atoms with Crippen molar-refractivity contribution in [3.63, 3.8) is 0 Å².